The van der Waals surface area contributed by atoms with Gasteiger partial charge in [-0.2, -0.15) is 0 Å². The number of allylic oxidation sites excluding steroid dienone is 4. The average Bonchev–Trinajstić information content (AvgIpc) is 2.40. The number of aliphatic imine (C=N–C) groups is 2. The highest BCUT2D eigenvalue weighted by Crippen LogP contribution is 2.16. The van der Waals surface area contributed by atoms with E-state index >= 15 is 0 Å². The molecule has 0 bridgehead atoms. The fraction of sp³-hybridized carbons (Fsp3) is 0.143. The number of hydrogen-bond donors (Lipinski definition) is 1. The molecule has 0 saturated carbocycles. The Morgan fingerprint density at radius 1 is 0.882 bits per heavy atom. The van der Waals surface area contributed by atoms with Crippen LogP contribution in [0.2, 0.25) is 0 Å². The van der Waals surface area contributed by atoms with E-state index in [0.717, 1.165) is 22.8 Å². The predicted molar refractivity (Wildman–Crippen MR) is 74.7 cm³/mol. The molecule has 0 spiro atoms. The Labute approximate surface area is 101 Å². The van der Waals surface area contributed by atoms with Crippen LogP contribution in [0.15, 0.2) is 58.6 Å². The van der Waals surface area contributed by atoms with E-state index in [0.29, 0.717) is 0 Å². The summed E-state index contributed by atoms with van der Waals surface area (Å²) in [7, 11) is 3.68. The van der Waals surface area contributed by atoms with Crippen LogP contribution in [-0.2, 0) is 0 Å². The summed E-state index contributed by atoms with van der Waals surface area (Å²) in [5.41, 5.74) is 3.94. The van der Waals surface area contributed by atoms with Gasteiger partial charge in [0.1, 0.15) is 0 Å². The van der Waals surface area contributed by atoms with Crippen molar-refractivity contribution in [2.45, 2.75) is 0 Å². The third-order valence-electron chi connectivity index (χ3n) is 2.52. The highest BCUT2D eigenvalue weighted by atomic mass is 14.8. The molecule has 1 aliphatic rings. The second-order valence-electron chi connectivity index (χ2n) is 3.65. The zero-order chi connectivity index (χ0) is 12.1. The van der Waals surface area contributed by atoms with Gasteiger partial charge in [0.25, 0.3) is 0 Å². The van der Waals surface area contributed by atoms with Crippen molar-refractivity contribution in [3.05, 3.63) is 48.6 Å². The molecule has 3 nitrogen and oxygen atoms in total. The van der Waals surface area contributed by atoms with Crippen molar-refractivity contribution < 1.29 is 0 Å². The summed E-state index contributed by atoms with van der Waals surface area (Å²) in [6.45, 7) is 0. The lowest BCUT2D eigenvalue weighted by Gasteiger charge is -2.03. The van der Waals surface area contributed by atoms with Gasteiger partial charge in [0.05, 0.1) is 17.1 Å². The van der Waals surface area contributed by atoms with E-state index in [9.17, 15) is 0 Å². The first-order valence-corrected chi connectivity index (χ1v) is 5.51. The molecular weight excluding hydrogens is 210 g/mol. The first-order chi connectivity index (χ1) is 8.31. The van der Waals surface area contributed by atoms with Gasteiger partial charge in [0.2, 0.25) is 0 Å². The molecule has 86 valence electrons. The summed E-state index contributed by atoms with van der Waals surface area (Å²) in [6, 6.07) is 8.00. The van der Waals surface area contributed by atoms with Crippen molar-refractivity contribution in [3.8, 4) is 0 Å². The molecular formula is C14H15N3. The van der Waals surface area contributed by atoms with Crippen molar-refractivity contribution in [3.63, 3.8) is 0 Å². The predicted octanol–water partition coefficient (Wildman–Crippen LogP) is 3.00. The van der Waals surface area contributed by atoms with Gasteiger partial charge in [0.15, 0.2) is 0 Å². The second kappa shape index (κ2) is 5.25. The summed E-state index contributed by atoms with van der Waals surface area (Å²) in [5, 5.41) is 3.08. The molecule has 1 N–H and O–H groups in total. The zero-order valence-electron chi connectivity index (χ0n) is 10.0. The Balaban J connectivity index is 2.17. The average molecular weight is 225 g/mol. The molecule has 0 atom stereocenters. The first-order valence-electron chi connectivity index (χ1n) is 5.51. The molecule has 0 amide bonds. The summed E-state index contributed by atoms with van der Waals surface area (Å²) in [4.78, 5) is 8.61. The Morgan fingerprint density at radius 3 is 2.00 bits per heavy atom. The van der Waals surface area contributed by atoms with Gasteiger partial charge in [-0.25, -0.2) is 4.99 Å². The minimum atomic E-state index is 0.939. The van der Waals surface area contributed by atoms with Crippen LogP contribution in [0.3, 0.4) is 0 Å². The van der Waals surface area contributed by atoms with E-state index in [-0.39, 0.29) is 0 Å². The van der Waals surface area contributed by atoms with Crippen LogP contribution >= 0.6 is 0 Å². The van der Waals surface area contributed by atoms with Crippen molar-refractivity contribution in [1.29, 1.82) is 0 Å². The molecule has 0 aliphatic heterocycles. The van der Waals surface area contributed by atoms with Crippen LogP contribution in [0, 0.1) is 0 Å². The van der Waals surface area contributed by atoms with Crippen LogP contribution < -0.4 is 5.32 Å². The minimum absolute atomic E-state index is 0.939. The molecule has 17 heavy (non-hydrogen) atoms. The van der Waals surface area contributed by atoms with Crippen molar-refractivity contribution >= 4 is 22.8 Å². The molecule has 0 aromatic heterocycles. The monoisotopic (exact) mass is 225 g/mol. The fourth-order valence-electron chi connectivity index (χ4n) is 1.53. The number of hydrogen-bond acceptors (Lipinski definition) is 3. The number of benzene rings is 1. The third kappa shape index (κ3) is 2.91. The van der Waals surface area contributed by atoms with Crippen LogP contribution in [0.25, 0.3) is 0 Å². The molecule has 2 rings (SSSR count). The zero-order valence-corrected chi connectivity index (χ0v) is 10.0. The molecule has 0 unspecified atom stereocenters. The maximum absolute atomic E-state index is 4.52. The molecule has 0 saturated heterocycles. The maximum Gasteiger partial charge on any atom is 0.0638 e. The lowest BCUT2D eigenvalue weighted by atomic mass is 10.1. The lowest BCUT2D eigenvalue weighted by molar-refractivity contribution is 1.45. The highest BCUT2D eigenvalue weighted by Gasteiger charge is 1.98. The lowest BCUT2D eigenvalue weighted by Crippen LogP contribution is -1.99. The smallest absolute Gasteiger partial charge is 0.0638 e. The van der Waals surface area contributed by atoms with Crippen LogP contribution in [0.5, 0.6) is 0 Å². The largest absolute Gasteiger partial charge is 0.388 e. The van der Waals surface area contributed by atoms with Crippen molar-refractivity contribution in [1.82, 2.24) is 0 Å². The van der Waals surface area contributed by atoms with Gasteiger partial charge < -0.3 is 5.32 Å². The molecule has 0 heterocycles. The van der Waals surface area contributed by atoms with Gasteiger partial charge in [-0.1, -0.05) is 0 Å². The number of nitrogens with one attached hydrogen (secondary N) is 1. The number of anilines is 1. The third-order valence-corrected chi connectivity index (χ3v) is 2.52. The Morgan fingerprint density at radius 2 is 1.47 bits per heavy atom. The Kier molecular flexibility index (Phi) is 3.50. The van der Waals surface area contributed by atoms with E-state index in [1.807, 2.05) is 55.6 Å². The molecule has 1 aromatic rings. The summed E-state index contributed by atoms with van der Waals surface area (Å²) in [6.07, 6.45) is 7.85. The Bertz CT molecular complexity index is 487. The van der Waals surface area contributed by atoms with Crippen LogP contribution in [0.1, 0.15) is 0 Å². The second-order valence-corrected chi connectivity index (χ2v) is 3.65. The summed E-state index contributed by atoms with van der Waals surface area (Å²) < 4.78 is 0. The van der Waals surface area contributed by atoms with Gasteiger partial charge in [0, 0.05) is 19.8 Å². The van der Waals surface area contributed by atoms with Gasteiger partial charge in [-0.15, -0.1) is 0 Å². The van der Waals surface area contributed by atoms with Gasteiger partial charge in [-0.05, 0) is 48.6 Å². The normalized spacial score (nSPS) is 13.8. The molecule has 1 aliphatic carbocycles. The summed E-state index contributed by atoms with van der Waals surface area (Å²) >= 11 is 0. The first kappa shape index (κ1) is 11.3. The quantitative estimate of drug-likeness (QED) is 0.772. The number of rotatable bonds is 2. The van der Waals surface area contributed by atoms with Crippen molar-refractivity contribution in [2.24, 2.45) is 9.98 Å². The maximum atomic E-state index is 4.52. The Hall–Kier alpha value is -2.16. The molecule has 3 heteroatoms. The van der Waals surface area contributed by atoms with Crippen LogP contribution in [-0.4, -0.2) is 25.5 Å². The van der Waals surface area contributed by atoms with Crippen LogP contribution in [0.4, 0.5) is 11.4 Å². The van der Waals surface area contributed by atoms with E-state index < -0.39 is 0 Å². The summed E-state index contributed by atoms with van der Waals surface area (Å²) in [5.74, 6) is 0. The SMILES string of the molecule is CN=C1C=CC(=Nc2ccc(NC)cc2)C=C1. The fourth-order valence-corrected chi connectivity index (χ4v) is 1.53. The topological polar surface area (TPSA) is 36.8 Å². The van der Waals surface area contributed by atoms with E-state index in [4.69, 9.17) is 0 Å². The molecule has 1 aromatic carbocycles. The number of nitrogens with zero attached hydrogens (tertiary/aromatic N) is 2. The standard InChI is InChI=1S/C14H15N3/c1-15-11-3-7-13(8-4-11)17-14-9-5-12(16-2)6-10-14/h3-10,15H,1-2H3. The molecule has 0 radical (unpaired) electrons. The van der Waals surface area contributed by atoms with Gasteiger partial charge in [-0.3, -0.25) is 4.99 Å². The van der Waals surface area contributed by atoms with Gasteiger partial charge >= 0.3 is 0 Å². The molecule has 0 fully saturated rings. The van der Waals surface area contributed by atoms with E-state index in [1.54, 1.807) is 7.05 Å². The van der Waals surface area contributed by atoms with Crippen molar-refractivity contribution in [2.75, 3.05) is 19.4 Å². The highest BCUT2D eigenvalue weighted by molar-refractivity contribution is 6.18. The minimum Gasteiger partial charge on any atom is -0.388 e. The van der Waals surface area contributed by atoms with E-state index in [1.165, 1.54) is 0 Å². The van der Waals surface area contributed by atoms with E-state index in [2.05, 4.69) is 15.3 Å².